The van der Waals surface area contributed by atoms with Gasteiger partial charge in [0.15, 0.2) is 0 Å². The summed E-state index contributed by atoms with van der Waals surface area (Å²) < 4.78 is 5.46. The molecule has 0 N–H and O–H groups in total. The lowest BCUT2D eigenvalue weighted by Crippen LogP contribution is -2.25. The topological polar surface area (TPSA) is 46.6 Å². The number of methoxy groups -OCH3 is 1. The van der Waals surface area contributed by atoms with Crippen molar-refractivity contribution in [1.29, 1.82) is 0 Å². The van der Waals surface area contributed by atoms with Crippen LogP contribution in [0, 0.1) is 6.92 Å². The Morgan fingerprint density at radius 1 is 1.53 bits per heavy atom. The van der Waals surface area contributed by atoms with Gasteiger partial charge < -0.3 is 9.64 Å². The highest BCUT2D eigenvalue weighted by Gasteiger charge is 2.30. The summed E-state index contributed by atoms with van der Waals surface area (Å²) in [6.45, 7) is 2.40. The second-order valence-electron chi connectivity index (χ2n) is 4.43. The molecule has 1 amide bonds. The highest BCUT2D eigenvalue weighted by atomic mass is 79.9. The number of ether oxygens (including phenoxy) is 1. The van der Waals surface area contributed by atoms with Crippen LogP contribution >= 0.6 is 28.6 Å². The predicted octanol–water partition coefficient (Wildman–Crippen LogP) is 2.58. The third-order valence-corrected chi connectivity index (χ3v) is 4.51. The van der Waals surface area contributed by atoms with Gasteiger partial charge in [0.1, 0.15) is 0 Å². The van der Waals surface area contributed by atoms with Crippen molar-refractivity contribution in [3.05, 3.63) is 27.7 Å². The first-order chi connectivity index (χ1) is 8.95. The van der Waals surface area contributed by atoms with Crippen molar-refractivity contribution in [2.24, 2.45) is 0 Å². The Labute approximate surface area is 125 Å². The molecule has 0 saturated carbocycles. The van der Waals surface area contributed by atoms with Gasteiger partial charge in [-0.15, -0.1) is 0 Å². The molecular formula is C13H14BrNO3S. The number of anilines is 1. The van der Waals surface area contributed by atoms with E-state index >= 15 is 0 Å². The molecule has 1 saturated heterocycles. The van der Waals surface area contributed by atoms with E-state index < -0.39 is 0 Å². The summed E-state index contributed by atoms with van der Waals surface area (Å²) in [7, 11) is 1.35. The van der Waals surface area contributed by atoms with Crippen molar-refractivity contribution in [2.75, 3.05) is 18.6 Å². The highest BCUT2D eigenvalue weighted by molar-refractivity contribution is 9.10. The Morgan fingerprint density at radius 3 is 2.74 bits per heavy atom. The fourth-order valence-electron chi connectivity index (χ4n) is 2.13. The average Bonchev–Trinajstić information content (AvgIpc) is 2.71. The number of amides is 1. The maximum atomic E-state index is 11.9. The predicted molar refractivity (Wildman–Crippen MR) is 80.0 cm³/mol. The van der Waals surface area contributed by atoms with Crippen molar-refractivity contribution < 1.29 is 14.3 Å². The van der Waals surface area contributed by atoms with E-state index in [1.165, 1.54) is 7.11 Å². The van der Waals surface area contributed by atoms with Gasteiger partial charge in [0.2, 0.25) is 5.91 Å². The monoisotopic (exact) mass is 343 g/mol. The smallest absolute Gasteiger partial charge is 0.338 e. The van der Waals surface area contributed by atoms with E-state index in [4.69, 9.17) is 4.74 Å². The molecule has 1 aromatic rings. The van der Waals surface area contributed by atoms with Crippen LogP contribution in [0.5, 0.6) is 0 Å². The Balaban J connectivity index is 2.42. The first-order valence-electron chi connectivity index (χ1n) is 5.81. The number of rotatable bonds is 2. The van der Waals surface area contributed by atoms with Gasteiger partial charge in [-0.2, -0.15) is 12.6 Å². The van der Waals surface area contributed by atoms with Crippen LogP contribution in [0.2, 0.25) is 0 Å². The summed E-state index contributed by atoms with van der Waals surface area (Å²) in [5.41, 5.74) is 2.03. The third-order valence-electron chi connectivity index (χ3n) is 3.17. The molecule has 1 fully saturated rings. The first-order valence-corrected chi connectivity index (χ1v) is 7.12. The molecule has 1 aromatic carbocycles. The molecule has 1 atom stereocenters. The minimum absolute atomic E-state index is 0.0471. The van der Waals surface area contributed by atoms with Crippen LogP contribution in [-0.4, -0.2) is 30.8 Å². The fraction of sp³-hybridized carbons (Fsp3) is 0.385. The van der Waals surface area contributed by atoms with E-state index in [9.17, 15) is 9.59 Å². The van der Waals surface area contributed by atoms with Crippen molar-refractivity contribution in [3.63, 3.8) is 0 Å². The number of halogens is 1. The number of esters is 1. The zero-order valence-electron chi connectivity index (χ0n) is 10.6. The highest BCUT2D eigenvalue weighted by Crippen LogP contribution is 2.34. The second-order valence-corrected chi connectivity index (χ2v) is 5.95. The zero-order valence-corrected chi connectivity index (χ0v) is 13.1. The Morgan fingerprint density at radius 2 is 2.21 bits per heavy atom. The number of benzene rings is 1. The van der Waals surface area contributed by atoms with Crippen LogP contribution < -0.4 is 4.90 Å². The molecule has 1 heterocycles. The van der Waals surface area contributed by atoms with Crippen LogP contribution in [0.1, 0.15) is 22.3 Å². The molecule has 6 heteroatoms. The third kappa shape index (κ3) is 2.65. The van der Waals surface area contributed by atoms with E-state index in [2.05, 4.69) is 28.6 Å². The van der Waals surface area contributed by atoms with E-state index in [-0.39, 0.29) is 17.1 Å². The molecule has 0 aromatic heterocycles. The summed E-state index contributed by atoms with van der Waals surface area (Å²) >= 11 is 7.80. The van der Waals surface area contributed by atoms with E-state index in [0.29, 0.717) is 18.5 Å². The van der Waals surface area contributed by atoms with Crippen LogP contribution in [0.15, 0.2) is 16.6 Å². The average molecular weight is 344 g/mol. The lowest BCUT2D eigenvalue weighted by molar-refractivity contribution is -0.117. The van der Waals surface area contributed by atoms with Gasteiger partial charge in [-0.1, -0.05) is 0 Å². The molecule has 102 valence electrons. The number of thiol groups is 1. The van der Waals surface area contributed by atoms with Gasteiger partial charge in [0, 0.05) is 22.7 Å². The van der Waals surface area contributed by atoms with Crippen LogP contribution in [0.3, 0.4) is 0 Å². The van der Waals surface area contributed by atoms with Gasteiger partial charge in [0.25, 0.3) is 0 Å². The van der Waals surface area contributed by atoms with Crippen molar-refractivity contribution in [3.8, 4) is 0 Å². The molecule has 4 nitrogen and oxygen atoms in total. The summed E-state index contributed by atoms with van der Waals surface area (Å²) in [5, 5.41) is 0.0555. The summed E-state index contributed by atoms with van der Waals surface area (Å²) in [6, 6.07) is 3.44. The molecule has 0 spiro atoms. The standard InChI is InChI=1S/C13H14BrNO3S/c1-7-9(13(17)18-2)3-4-10(12(7)14)15-6-8(19)5-11(15)16/h3-4,8,19H,5-6H2,1-2H3. The summed E-state index contributed by atoms with van der Waals surface area (Å²) in [4.78, 5) is 25.2. The zero-order chi connectivity index (χ0) is 14.2. The quantitative estimate of drug-likeness (QED) is 0.663. The molecule has 0 radical (unpaired) electrons. The largest absolute Gasteiger partial charge is 0.465 e. The Bertz CT molecular complexity index is 547. The molecule has 1 aliphatic heterocycles. The van der Waals surface area contributed by atoms with Crippen molar-refractivity contribution in [2.45, 2.75) is 18.6 Å². The van der Waals surface area contributed by atoms with Crippen molar-refractivity contribution >= 4 is 46.1 Å². The second kappa shape index (κ2) is 5.54. The molecule has 1 unspecified atom stereocenters. The summed E-state index contributed by atoms with van der Waals surface area (Å²) in [6.07, 6.45) is 0.438. The molecule has 0 bridgehead atoms. The Hall–Kier alpha value is -1.01. The molecule has 1 aliphatic rings. The molecule has 0 aliphatic carbocycles. The number of hydrogen-bond donors (Lipinski definition) is 1. The van der Waals surface area contributed by atoms with E-state index in [1.54, 1.807) is 17.0 Å². The van der Waals surface area contributed by atoms with E-state index in [1.807, 2.05) is 6.92 Å². The van der Waals surface area contributed by atoms with Gasteiger partial charge >= 0.3 is 5.97 Å². The van der Waals surface area contributed by atoms with Crippen LogP contribution in [-0.2, 0) is 9.53 Å². The fourth-order valence-corrected chi connectivity index (χ4v) is 3.01. The lowest BCUT2D eigenvalue weighted by Gasteiger charge is -2.20. The number of hydrogen-bond acceptors (Lipinski definition) is 4. The maximum absolute atomic E-state index is 11.9. The molecular weight excluding hydrogens is 330 g/mol. The maximum Gasteiger partial charge on any atom is 0.338 e. The molecule has 2 rings (SSSR count). The number of nitrogens with zero attached hydrogens (tertiary/aromatic N) is 1. The van der Waals surface area contributed by atoms with Crippen molar-refractivity contribution in [1.82, 2.24) is 0 Å². The normalized spacial score (nSPS) is 18.8. The Kier molecular flexibility index (Phi) is 4.20. The molecule has 19 heavy (non-hydrogen) atoms. The van der Waals surface area contributed by atoms with Crippen LogP contribution in [0.25, 0.3) is 0 Å². The van der Waals surface area contributed by atoms with Gasteiger partial charge in [0.05, 0.1) is 18.4 Å². The minimum atomic E-state index is -0.385. The minimum Gasteiger partial charge on any atom is -0.465 e. The SMILES string of the molecule is COC(=O)c1ccc(N2CC(S)CC2=O)c(Br)c1C. The van der Waals surface area contributed by atoms with Gasteiger partial charge in [-0.05, 0) is 40.5 Å². The number of carbonyl (C=O) groups is 2. The lowest BCUT2D eigenvalue weighted by atomic mass is 10.1. The van der Waals surface area contributed by atoms with E-state index in [0.717, 1.165) is 15.7 Å². The number of carbonyl (C=O) groups excluding carboxylic acids is 2. The van der Waals surface area contributed by atoms with Gasteiger partial charge in [-0.25, -0.2) is 4.79 Å². The first kappa shape index (κ1) is 14.4. The summed E-state index contributed by atoms with van der Waals surface area (Å²) in [5.74, 6) is -0.338. The van der Waals surface area contributed by atoms with Crippen LogP contribution in [0.4, 0.5) is 5.69 Å². The van der Waals surface area contributed by atoms with Gasteiger partial charge in [-0.3, -0.25) is 4.79 Å².